The molecule has 0 bridgehead atoms. The smallest absolute Gasteiger partial charge is 0.250 e. The summed E-state index contributed by atoms with van der Waals surface area (Å²) in [4.78, 5) is 3.22. The van der Waals surface area contributed by atoms with E-state index in [1.807, 2.05) is 6.92 Å². The first-order valence-electron chi connectivity index (χ1n) is 6.54. The van der Waals surface area contributed by atoms with Crippen LogP contribution in [0.1, 0.15) is 23.3 Å². The van der Waals surface area contributed by atoms with Crippen LogP contribution in [-0.4, -0.2) is 39.5 Å². The first kappa shape index (κ1) is 14.9. The maximum atomic E-state index is 12.1. The Morgan fingerprint density at radius 3 is 2.68 bits per heavy atom. The number of sulfonamides is 1. The van der Waals surface area contributed by atoms with E-state index in [0.29, 0.717) is 17.3 Å². The molecule has 108 valence electrons. The van der Waals surface area contributed by atoms with Gasteiger partial charge in [0.2, 0.25) is 10.0 Å². The van der Waals surface area contributed by atoms with E-state index in [1.54, 1.807) is 6.07 Å². The molecule has 1 fully saturated rings. The van der Waals surface area contributed by atoms with Gasteiger partial charge in [-0.2, -0.15) is 0 Å². The second-order valence-corrected chi connectivity index (χ2v) is 7.95. The van der Waals surface area contributed by atoms with Crippen LogP contribution in [0.25, 0.3) is 0 Å². The third kappa shape index (κ3) is 3.76. The third-order valence-electron chi connectivity index (χ3n) is 3.37. The first-order valence-corrected chi connectivity index (χ1v) is 8.84. The van der Waals surface area contributed by atoms with Crippen molar-refractivity contribution in [3.8, 4) is 0 Å². The van der Waals surface area contributed by atoms with Gasteiger partial charge < -0.3 is 10.6 Å². The molecule has 0 aromatic carbocycles. The van der Waals surface area contributed by atoms with Crippen molar-refractivity contribution in [2.75, 3.05) is 26.2 Å². The molecule has 0 atom stereocenters. The van der Waals surface area contributed by atoms with Gasteiger partial charge in [-0.3, -0.25) is 0 Å². The third-order valence-corrected chi connectivity index (χ3v) is 6.56. The van der Waals surface area contributed by atoms with E-state index in [2.05, 4.69) is 9.62 Å². The average molecular weight is 303 g/mol. The molecule has 1 aliphatic heterocycles. The molecule has 7 heteroatoms. The minimum absolute atomic E-state index is 0.367. The maximum absolute atomic E-state index is 12.1. The Balaban J connectivity index is 1.93. The summed E-state index contributed by atoms with van der Waals surface area (Å²) in [6.07, 6.45) is 2.44. The Morgan fingerprint density at radius 1 is 1.42 bits per heavy atom. The van der Waals surface area contributed by atoms with E-state index >= 15 is 0 Å². The highest BCUT2D eigenvalue weighted by molar-refractivity contribution is 7.91. The minimum Gasteiger partial charge on any atom is -0.326 e. The van der Waals surface area contributed by atoms with Crippen LogP contribution in [0.3, 0.4) is 0 Å². The second kappa shape index (κ2) is 6.32. The minimum atomic E-state index is -3.38. The molecule has 0 aliphatic carbocycles. The number of nitrogens with one attached hydrogen (secondary N) is 1. The molecule has 2 rings (SSSR count). The summed E-state index contributed by atoms with van der Waals surface area (Å²) in [6, 6.07) is 1.70. The zero-order chi connectivity index (χ0) is 13.9. The molecular formula is C12H21N3O2S2. The number of hydrogen-bond donors (Lipinski definition) is 2. The standard InChI is InChI=1S/C12H21N3O2S2/c1-10-8-12(18-11(10)9-13)19(16,17)14-4-7-15-5-2-3-6-15/h8,14H,2-7,9,13H2,1H3. The predicted molar refractivity (Wildman–Crippen MR) is 77.8 cm³/mol. The van der Waals surface area contributed by atoms with Gasteiger partial charge in [0.25, 0.3) is 0 Å². The van der Waals surface area contributed by atoms with Gasteiger partial charge in [0, 0.05) is 24.5 Å². The van der Waals surface area contributed by atoms with Crippen molar-refractivity contribution in [1.29, 1.82) is 0 Å². The van der Waals surface area contributed by atoms with Gasteiger partial charge in [0.15, 0.2) is 0 Å². The molecule has 1 aliphatic rings. The second-order valence-electron chi connectivity index (χ2n) is 4.82. The molecule has 0 amide bonds. The number of hydrogen-bond acceptors (Lipinski definition) is 5. The van der Waals surface area contributed by atoms with Gasteiger partial charge in [0.1, 0.15) is 4.21 Å². The molecule has 0 unspecified atom stereocenters. The number of nitrogens with two attached hydrogens (primary N) is 1. The van der Waals surface area contributed by atoms with Crippen molar-refractivity contribution in [2.45, 2.75) is 30.5 Å². The van der Waals surface area contributed by atoms with Crippen LogP contribution < -0.4 is 10.5 Å². The monoisotopic (exact) mass is 303 g/mol. The molecule has 3 N–H and O–H groups in total. The fourth-order valence-electron chi connectivity index (χ4n) is 2.24. The lowest BCUT2D eigenvalue weighted by Crippen LogP contribution is -2.33. The maximum Gasteiger partial charge on any atom is 0.250 e. The lowest BCUT2D eigenvalue weighted by atomic mass is 10.3. The molecule has 0 radical (unpaired) electrons. The van der Waals surface area contributed by atoms with Crippen LogP contribution in [0.15, 0.2) is 10.3 Å². The molecule has 0 spiro atoms. The zero-order valence-electron chi connectivity index (χ0n) is 11.2. The fourth-order valence-corrected chi connectivity index (χ4v) is 4.77. The number of likely N-dealkylation sites (tertiary alicyclic amines) is 1. The van der Waals surface area contributed by atoms with Gasteiger partial charge in [0.05, 0.1) is 0 Å². The lowest BCUT2D eigenvalue weighted by molar-refractivity contribution is 0.344. The summed E-state index contributed by atoms with van der Waals surface area (Å²) in [5, 5.41) is 0. The molecule has 0 saturated carbocycles. The van der Waals surface area contributed by atoms with E-state index in [4.69, 9.17) is 5.73 Å². The van der Waals surface area contributed by atoms with Crippen molar-refractivity contribution < 1.29 is 8.42 Å². The highest BCUT2D eigenvalue weighted by Crippen LogP contribution is 2.25. The summed E-state index contributed by atoms with van der Waals surface area (Å²) in [6.45, 7) is 5.70. The molecule has 2 heterocycles. The van der Waals surface area contributed by atoms with Crippen LogP contribution in [0, 0.1) is 6.92 Å². The number of thiophene rings is 1. The van der Waals surface area contributed by atoms with Crippen LogP contribution in [-0.2, 0) is 16.6 Å². The van der Waals surface area contributed by atoms with E-state index in [0.717, 1.165) is 30.1 Å². The van der Waals surface area contributed by atoms with Gasteiger partial charge in [-0.05, 0) is 44.5 Å². The largest absolute Gasteiger partial charge is 0.326 e. The summed E-state index contributed by atoms with van der Waals surface area (Å²) < 4.78 is 27.3. The van der Waals surface area contributed by atoms with E-state index in [9.17, 15) is 8.42 Å². The first-order chi connectivity index (χ1) is 9.03. The van der Waals surface area contributed by atoms with Gasteiger partial charge in [-0.1, -0.05) is 0 Å². The Morgan fingerprint density at radius 2 is 2.11 bits per heavy atom. The normalized spacial score (nSPS) is 17.2. The summed E-state index contributed by atoms with van der Waals surface area (Å²) in [5.74, 6) is 0. The summed E-state index contributed by atoms with van der Waals surface area (Å²) in [5.41, 5.74) is 6.53. The number of aryl methyl sites for hydroxylation is 1. The van der Waals surface area contributed by atoms with Crippen molar-refractivity contribution >= 4 is 21.4 Å². The van der Waals surface area contributed by atoms with E-state index < -0.39 is 10.0 Å². The molecule has 5 nitrogen and oxygen atoms in total. The summed E-state index contributed by atoms with van der Waals surface area (Å²) >= 11 is 1.26. The Hall–Kier alpha value is -0.470. The zero-order valence-corrected chi connectivity index (χ0v) is 12.8. The van der Waals surface area contributed by atoms with Crippen LogP contribution in [0.4, 0.5) is 0 Å². The van der Waals surface area contributed by atoms with Gasteiger partial charge in [-0.15, -0.1) is 11.3 Å². The Bertz CT molecular complexity index is 519. The van der Waals surface area contributed by atoms with Crippen molar-refractivity contribution in [3.05, 3.63) is 16.5 Å². The van der Waals surface area contributed by atoms with Gasteiger partial charge >= 0.3 is 0 Å². The van der Waals surface area contributed by atoms with Crippen molar-refractivity contribution in [2.24, 2.45) is 5.73 Å². The topological polar surface area (TPSA) is 75.4 Å². The molecule has 1 aromatic heterocycles. The molecule has 19 heavy (non-hydrogen) atoms. The van der Waals surface area contributed by atoms with Crippen molar-refractivity contribution in [3.63, 3.8) is 0 Å². The molecule has 1 aromatic rings. The van der Waals surface area contributed by atoms with Crippen LogP contribution >= 0.6 is 11.3 Å². The number of rotatable bonds is 6. The highest BCUT2D eigenvalue weighted by Gasteiger charge is 2.19. The van der Waals surface area contributed by atoms with Crippen LogP contribution in [0.5, 0.6) is 0 Å². The predicted octanol–water partition coefficient (Wildman–Crippen LogP) is 0.889. The number of nitrogens with zero attached hydrogens (tertiary/aromatic N) is 1. The molecule has 1 saturated heterocycles. The van der Waals surface area contributed by atoms with E-state index in [1.165, 1.54) is 24.2 Å². The summed E-state index contributed by atoms with van der Waals surface area (Å²) in [7, 11) is -3.38. The SMILES string of the molecule is Cc1cc(S(=O)(=O)NCCN2CCCC2)sc1CN. The fraction of sp³-hybridized carbons (Fsp3) is 0.667. The van der Waals surface area contributed by atoms with E-state index in [-0.39, 0.29) is 0 Å². The van der Waals surface area contributed by atoms with Gasteiger partial charge in [-0.25, -0.2) is 13.1 Å². The Labute approximate surface area is 118 Å². The Kier molecular flexibility index (Phi) is 4.97. The van der Waals surface area contributed by atoms with Crippen LogP contribution in [0.2, 0.25) is 0 Å². The quantitative estimate of drug-likeness (QED) is 0.818. The van der Waals surface area contributed by atoms with Crippen molar-refractivity contribution in [1.82, 2.24) is 9.62 Å². The molecular weight excluding hydrogens is 282 g/mol. The average Bonchev–Trinajstić information content (AvgIpc) is 2.98. The highest BCUT2D eigenvalue weighted by atomic mass is 32.2. The lowest BCUT2D eigenvalue weighted by Gasteiger charge is -2.14.